The van der Waals surface area contributed by atoms with Gasteiger partial charge in [0.25, 0.3) is 10.2 Å². The molecule has 0 aliphatic heterocycles. The van der Waals surface area contributed by atoms with E-state index < -0.39 is 15.7 Å². The van der Waals surface area contributed by atoms with Crippen LogP contribution in [-0.4, -0.2) is 43.4 Å². The normalized spacial score (nSPS) is 21.7. The number of oxime groups is 1. The van der Waals surface area contributed by atoms with Gasteiger partial charge in [-0.1, -0.05) is 24.4 Å². The molecule has 1 saturated carbocycles. The summed E-state index contributed by atoms with van der Waals surface area (Å²) in [5.74, 6) is -0.0670. The van der Waals surface area contributed by atoms with Crippen LogP contribution in [0.1, 0.15) is 32.1 Å². The molecule has 100 valence electrons. The number of rotatable bonds is 4. The van der Waals surface area contributed by atoms with Crippen LogP contribution in [0.4, 0.5) is 0 Å². The van der Waals surface area contributed by atoms with Crippen molar-refractivity contribution in [2.24, 2.45) is 10.9 Å². The first-order valence-corrected chi connectivity index (χ1v) is 6.97. The number of hydrogen-bond acceptors (Lipinski definition) is 4. The van der Waals surface area contributed by atoms with Crippen LogP contribution in [-0.2, 0) is 10.2 Å². The van der Waals surface area contributed by atoms with Gasteiger partial charge in [-0.05, 0) is 12.8 Å². The fourth-order valence-corrected chi connectivity index (χ4v) is 2.98. The number of hydrogen-bond donors (Lipinski definition) is 3. The summed E-state index contributed by atoms with van der Waals surface area (Å²) in [5.41, 5.74) is 4.70. The molecule has 0 unspecified atom stereocenters. The van der Waals surface area contributed by atoms with Crippen LogP contribution in [0.2, 0.25) is 0 Å². The predicted octanol–water partition coefficient (Wildman–Crippen LogP) is -0.168. The summed E-state index contributed by atoms with van der Waals surface area (Å²) in [6.07, 6.45) is 3.84. The van der Waals surface area contributed by atoms with Gasteiger partial charge in [0.15, 0.2) is 5.84 Å². The Hall–Kier alpha value is -0.860. The molecule has 1 rings (SSSR count). The molecule has 1 fully saturated rings. The maximum absolute atomic E-state index is 11.8. The Morgan fingerprint density at radius 2 is 1.88 bits per heavy atom. The number of nitrogens with zero attached hydrogens (tertiary/aromatic N) is 2. The highest BCUT2D eigenvalue weighted by Crippen LogP contribution is 2.29. The van der Waals surface area contributed by atoms with E-state index in [1.165, 1.54) is 14.1 Å². The minimum atomic E-state index is -3.60. The fourth-order valence-electron chi connectivity index (χ4n) is 2.00. The van der Waals surface area contributed by atoms with Crippen LogP contribution >= 0.6 is 0 Å². The average Bonchev–Trinajstić information content (AvgIpc) is 2.28. The van der Waals surface area contributed by atoms with E-state index in [2.05, 4.69) is 9.88 Å². The third kappa shape index (κ3) is 3.08. The minimum Gasteiger partial charge on any atom is -0.409 e. The molecule has 0 bridgehead atoms. The van der Waals surface area contributed by atoms with Crippen LogP contribution in [0.3, 0.4) is 0 Å². The third-order valence-electron chi connectivity index (χ3n) is 3.11. The van der Waals surface area contributed by atoms with Crippen LogP contribution in [0.15, 0.2) is 5.16 Å². The van der Waals surface area contributed by atoms with Crippen molar-refractivity contribution in [3.05, 3.63) is 0 Å². The SMILES string of the molecule is CN(C)S(=O)(=O)NC1(/C(N)=N/O)CCCCC1. The molecule has 0 saturated heterocycles. The molecule has 0 atom stereocenters. The lowest BCUT2D eigenvalue weighted by molar-refractivity contribution is 0.292. The molecule has 0 aromatic rings. The van der Waals surface area contributed by atoms with Gasteiger partial charge in [0.05, 0.1) is 5.54 Å². The largest absolute Gasteiger partial charge is 0.409 e. The highest BCUT2D eigenvalue weighted by molar-refractivity contribution is 7.87. The Morgan fingerprint density at radius 1 is 1.35 bits per heavy atom. The molecule has 0 radical (unpaired) electrons. The Kier molecular flexibility index (Phi) is 4.34. The van der Waals surface area contributed by atoms with Gasteiger partial charge < -0.3 is 10.9 Å². The predicted molar refractivity (Wildman–Crippen MR) is 65.0 cm³/mol. The van der Waals surface area contributed by atoms with Crippen LogP contribution in [0, 0.1) is 0 Å². The van der Waals surface area contributed by atoms with Crippen LogP contribution in [0.25, 0.3) is 0 Å². The molecule has 0 aromatic heterocycles. The van der Waals surface area contributed by atoms with Gasteiger partial charge in [-0.25, -0.2) is 0 Å². The Bertz CT molecular complexity index is 385. The zero-order chi connectivity index (χ0) is 13.1. The van der Waals surface area contributed by atoms with Crippen molar-refractivity contribution < 1.29 is 13.6 Å². The smallest absolute Gasteiger partial charge is 0.279 e. The molecule has 1 aliphatic carbocycles. The van der Waals surface area contributed by atoms with Crippen molar-refractivity contribution in [2.75, 3.05) is 14.1 Å². The third-order valence-corrected chi connectivity index (χ3v) is 4.72. The lowest BCUT2D eigenvalue weighted by atomic mass is 9.82. The Labute approximate surface area is 102 Å². The van der Waals surface area contributed by atoms with E-state index in [1.54, 1.807) is 0 Å². The minimum absolute atomic E-state index is 0.0670. The standard InChI is InChI=1S/C9H20N4O3S/c1-13(2)17(15,16)12-9(8(10)11-14)6-4-3-5-7-9/h12,14H,3-7H2,1-2H3,(H2,10,11). The lowest BCUT2D eigenvalue weighted by Gasteiger charge is -2.37. The van der Waals surface area contributed by atoms with Gasteiger partial charge in [-0.3, -0.25) is 0 Å². The molecule has 8 heteroatoms. The van der Waals surface area contributed by atoms with Crippen molar-refractivity contribution in [3.8, 4) is 0 Å². The summed E-state index contributed by atoms with van der Waals surface area (Å²) in [7, 11) is -0.729. The quantitative estimate of drug-likeness (QED) is 0.283. The Morgan fingerprint density at radius 3 is 2.29 bits per heavy atom. The summed E-state index contributed by atoms with van der Waals surface area (Å²) in [6, 6.07) is 0. The second kappa shape index (κ2) is 5.19. The molecule has 0 heterocycles. The van der Waals surface area contributed by atoms with E-state index in [-0.39, 0.29) is 5.84 Å². The van der Waals surface area contributed by atoms with Crippen molar-refractivity contribution >= 4 is 16.0 Å². The van der Waals surface area contributed by atoms with Crippen LogP contribution in [0.5, 0.6) is 0 Å². The molecule has 0 aromatic carbocycles. The zero-order valence-electron chi connectivity index (χ0n) is 10.2. The van der Waals surface area contributed by atoms with Gasteiger partial charge in [0, 0.05) is 14.1 Å². The second-order valence-corrected chi connectivity index (χ2v) is 6.40. The molecular formula is C9H20N4O3S. The van der Waals surface area contributed by atoms with Crippen molar-refractivity contribution in [1.29, 1.82) is 0 Å². The lowest BCUT2D eigenvalue weighted by Crippen LogP contribution is -2.60. The van der Waals surface area contributed by atoms with E-state index in [1.807, 2.05) is 0 Å². The maximum Gasteiger partial charge on any atom is 0.279 e. The number of nitrogens with two attached hydrogens (primary N) is 1. The topological polar surface area (TPSA) is 108 Å². The van der Waals surface area contributed by atoms with E-state index in [4.69, 9.17) is 10.9 Å². The number of amidine groups is 1. The summed E-state index contributed by atoms with van der Waals surface area (Å²) in [6.45, 7) is 0. The summed E-state index contributed by atoms with van der Waals surface area (Å²) in [4.78, 5) is 0. The van der Waals surface area contributed by atoms with Gasteiger partial charge in [-0.15, -0.1) is 0 Å². The van der Waals surface area contributed by atoms with E-state index in [0.717, 1.165) is 23.6 Å². The highest BCUT2D eigenvalue weighted by Gasteiger charge is 2.40. The highest BCUT2D eigenvalue weighted by atomic mass is 32.2. The van der Waals surface area contributed by atoms with E-state index in [0.29, 0.717) is 12.8 Å². The van der Waals surface area contributed by atoms with E-state index >= 15 is 0 Å². The van der Waals surface area contributed by atoms with Gasteiger partial charge in [0.1, 0.15) is 0 Å². The van der Waals surface area contributed by atoms with Crippen LogP contribution < -0.4 is 10.5 Å². The Balaban J connectivity index is 3.00. The van der Waals surface area contributed by atoms with Crippen molar-refractivity contribution in [3.63, 3.8) is 0 Å². The first kappa shape index (κ1) is 14.2. The van der Waals surface area contributed by atoms with Gasteiger partial charge in [-0.2, -0.15) is 17.4 Å². The zero-order valence-corrected chi connectivity index (χ0v) is 11.0. The van der Waals surface area contributed by atoms with E-state index in [9.17, 15) is 8.42 Å². The fraction of sp³-hybridized carbons (Fsp3) is 0.889. The molecular weight excluding hydrogens is 244 g/mol. The maximum atomic E-state index is 11.8. The van der Waals surface area contributed by atoms with Crippen molar-refractivity contribution in [1.82, 2.24) is 9.03 Å². The summed E-state index contributed by atoms with van der Waals surface area (Å²) < 4.78 is 27.3. The molecule has 0 spiro atoms. The summed E-state index contributed by atoms with van der Waals surface area (Å²) in [5, 5.41) is 11.8. The second-order valence-electron chi connectivity index (χ2n) is 4.52. The first-order chi connectivity index (χ1) is 7.84. The molecule has 17 heavy (non-hydrogen) atoms. The number of nitrogens with one attached hydrogen (secondary N) is 1. The molecule has 1 aliphatic rings. The average molecular weight is 264 g/mol. The summed E-state index contributed by atoms with van der Waals surface area (Å²) >= 11 is 0. The van der Waals surface area contributed by atoms with Crippen molar-refractivity contribution in [2.45, 2.75) is 37.6 Å². The van der Waals surface area contributed by atoms with Gasteiger partial charge >= 0.3 is 0 Å². The molecule has 0 amide bonds. The molecule has 7 nitrogen and oxygen atoms in total. The molecule has 4 N–H and O–H groups in total. The van der Waals surface area contributed by atoms with Gasteiger partial charge in [0.2, 0.25) is 0 Å². The first-order valence-electron chi connectivity index (χ1n) is 5.53. The monoisotopic (exact) mass is 264 g/mol.